The second kappa shape index (κ2) is 10.4. The summed E-state index contributed by atoms with van der Waals surface area (Å²) in [5.41, 5.74) is 4.69. The fourth-order valence-electron chi connectivity index (χ4n) is 4.57. The Kier molecular flexibility index (Phi) is 6.88. The van der Waals surface area contributed by atoms with Crippen molar-refractivity contribution < 1.29 is 0 Å². The van der Waals surface area contributed by atoms with Gasteiger partial charge >= 0.3 is 0 Å². The maximum Gasteiger partial charge on any atom is 0.259 e. The van der Waals surface area contributed by atoms with Gasteiger partial charge in [-0.05, 0) is 87.3 Å². The Morgan fingerprint density at radius 1 is 1.03 bits per heavy atom. The highest BCUT2D eigenvalue weighted by Crippen LogP contribution is 2.27. The van der Waals surface area contributed by atoms with Crippen LogP contribution in [0.4, 0.5) is 11.5 Å². The number of aromatic amines is 1. The Labute approximate surface area is 205 Å². The van der Waals surface area contributed by atoms with Gasteiger partial charge in [0.25, 0.3) is 5.56 Å². The van der Waals surface area contributed by atoms with Gasteiger partial charge in [0.15, 0.2) is 0 Å². The van der Waals surface area contributed by atoms with Crippen LogP contribution in [-0.2, 0) is 6.42 Å². The van der Waals surface area contributed by atoms with Crippen molar-refractivity contribution >= 4 is 22.3 Å². The highest BCUT2D eigenvalue weighted by atomic mass is 16.1. The zero-order chi connectivity index (χ0) is 24.2. The predicted molar refractivity (Wildman–Crippen MR) is 142 cm³/mol. The number of anilines is 2. The van der Waals surface area contributed by atoms with Gasteiger partial charge in [-0.25, -0.2) is 4.98 Å². The van der Waals surface area contributed by atoms with Crippen LogP contribution in [-0.4, -0.2) is 64.5 Å². The lowest BCUT2D eigenvalue weighted by molar-refractivity contribution is 0.279. The largest absolute Gasteiger partial charge is 0.340 e. The second-order valence-corrected chi connectivity index (χ2v) is 9.39. The number of hydrogen-bond donors (Lipinski definition) is 2. The van der Waals surface area contributed by atoms with E-state index in [2.05, 4.69) is 56.4 Å². The number of nitrogens with zero attached hydrogens (tertiary/aromatic N) is 4. The van der Waals surface area contributed by atoms with Crippen LogP contribution in [0.3, 0.4) is 0 Å². The van der Waals surface area contributed by atoms with Gasteiger partial charge in [-0.2, -0.15) is 0 Å². The molecule has 4 aromatic rings. The monoisotopic (exact) mass is 468 g/mol. The molecule has 180 valence electrons. The lowest BCUT2D eigenvalue weighted by Gasteiger charge is -2.20. The Morgan fingerprint density at radius 3 is 2.69 bits per heavy atom. The molecule has 0 saturated carbocycles. The fourth-order valence-corrected chi connectivity index (χ4v) is 4.57. The van der Waals surface area contributed by atoms with Gasteiger partial charge in [0.1, 0.15) is 5.82 Å². The number of nitrogens with one attached hydrogen (secondary N) is 2. The third-order valence-electron chi connectivity index (χ3n) is 6.71. The van der Waals surface area contributed by atoms with Crippen LogP contribution in [0.1, 0.15) is 17.7 Å². The molecule has 1 aromatic carbocycles. The van der Waals surface area contributed by atoms with Crippen LogP contribution in [0.5, 0.6) is 0 Å². The summed E-state index contributed by atoms with van der Waals surface area (Å²) in [4.78, 5) is 29.6. The van der Waals surface area contributed by atoms with E-state index in [9.17, 15) is 4.79 Å². The number of fused-ring (bicyclic) bond motifs is 1. The normalized spacial score (nSPS) is 15.3. The van der Waals surface area contributed by atoms with Gasteiger partial charge in [-0.15, -0.1) is 0 Å². The molecule has 0 aliphatic carbocycles. The van der Waals surface area contributed by atoms with E-state index in [-0.39, 0.29) is 5.56 Å². The Bertz CT molecular complexity index is 1350. The maximum absolute atomic E-state index is 12.7. The first-order valence-corrected chi connectivity index (χ1v) is 12.3. The molecule has 3 aromatic heterocycles. The quantitative estimate of drug-likeness (QED) is 0.441. The van der Waals surface area contributed by atoms with E-state index in [1.807, 2.05) is 37.4 Å². The average molecular weight is 469 g/mol. The molecule has 0 atom stereocenters. The average Bonchev–Trinajstić information content (AvgIpc) is 3.08. The Hall–Kier alpha value is -3.55. The molecule has 0 radical (unpaired) electrons. The minimum absolute atomic E-state index is 0.161. The molecule has 5 rings (SSSR count). The molecule has 7 heteroatoms. The van der Waals surface area contributed by atoms with Crippen LogP contribution in [0.15, 0.2) is 65.7 Å². The molecule has 0 bridgehead atoms. The SMILES string of the molecule is Cc1ccc(-c2cc3cc[nH]c(=O)c3c(Nc3ccc(CCN4CCCN(C)CC4)cc3)n2)cn1. The van der Waals surface area contributed by atoms with E-state index in [4.69, 9.17) is 4.98 Å². The topological polar surface area (TPSA) is 77.2 Å². The molecular weight excluding hydrogens is 436 g/mol. The Balaban J connectivity index is 1.36. The van der Waals surface area contributed by atoms with Crippen molar-refractivity contribution in [1.29, 1.82) is 0 Å². The smallest absolute Gasteiger partial charge is 0.259 e. The highest BCUT2D eigenvalue weighted by Gasteiger charge is 2.13. The van der Waals surface area contributed by atoms with Crippen molar-refractivity contribution in [2.24, 2.45) is 0 Å². The zero-order valence-electron chi connectivity index (χ0n) is 20.4. The number of likely N-dealkylation sites (N-methyl/N-ethyl adjacent to an activating group) is 1. The zero-order valence-corrected chi connectivity index (χ0v) is 20.4. The number of hydrogen-bond acceptors (Lipinski definition) is 6. The van der Waals surface area contributed by atoms with Crippen molar-refractivity contribution in [2.45, 2.75) is 19.8 Å². The van der Waals surface area contributed by atoms with E-state index in [1.165, 1.54) is 25.1 Å². The van der Waals surface area contributed by atoms with Crippen LogP contribution in [0.2, 0.25) is 0 Å². The summed E-state index contributed by atoms with van der Waals surface area (Å²) in [5.74, 6) is 0.543. The first-order chi connectivity index (χ1) is 17.0. The summed E-state index contributed by atoms with van der Waals surface area (Å²) < 4.78 is 0. The summed E-state index contributed by atoms with van der Waals surface area (Å²) >= 11 is 0. The lowest BCUT2D eigenvalue weighted by atomic mass is 10.1. The van der Waals surface area contributed by atoms with Crippen molar-refractivity contribution in [2.75, 3.05) is 45.1 Å². The van der Waals surface area contributed by atoms with Gasteiger partial charge in [0, 0.05) is 49.0 Å². The van der Waals surface area contributed by atoms with E-state index in [0.717, 1.165) is 54.1 Å². The first-order valence-electron chi connectivity index (χ1n) is 12.3. The molecule has 0 amide bonds. The summed E-state index contributed by atoms with van der Waals surface area (Å²) in [5, 5.41) is 4.77. The molecule has 35 heavy (non-hydrogen) atoms. The molecule has 4 heterocycles. The molecule has 1 fully saturated rings. The van der Waals surface area contributed by atoms with E-state index >= 15 is 0 Å². The van der Waals surface area contributed by atoms with Crippen molar-refractivity contribution in [3.8, 4) is 11.3 Å². The fraction of sp³-hybridized carbons (Fsp3) is 0.321. The lowest BCUT2D eigenvalue weighted by Crippen LogP contribution is -2.30. The molecule has 2 N–H and O–H groups in total. The Morgan fingerprint density at radius 2 is 1.89 bits per heavy atom. The van der Waals surface area contributed by atoms with Gasteiger partial charge in [0.2, 0.25) is 0 Å². The number of aromatic nitrogens is 3. The molecule has 0 spiro atoms. The van der Waals surface area contributed by atoms with Gasteiger partial charge in [0.05, 0.1) is 11.1 Å². The summed E-state index contributed by atoms with van der Waals surface area (Å²) in [6.45, 7) is 7.67. The third kappa shape index (κ3) is 5.58. The van der Waals surface area contributed by atoms with Crippen LogP contribution in [0.25, 0.3) is 22.0 Å². The minimum Gasteiger partial charge on any atom is -0.340 e. The summed E-state index contributed by atoms with van der Waals surface area (Å²) in [6, 6.07) is 16.3. The second-order valence-electron chi connectivity index (χ2n) is 9.39. The summed E-state index contributed by atoms with van der Waals surface area (Å²) in [6.07, 6.45) is 5.75. The minimum atomic E-state index is -0.161. The van der Waals surface area contributed by atoms with E-state index in [1.54, 1.807) is 6.20 Å². The number of benzene rings is 1. The number of aryl methyl sites for hydroxylation is 1. The summed E-state index contributed by atoms with van der Waals surface area (Å²) in [7, 11) is 2.20. The van der Waals surface area contributed by atoms with Crippen LogP contribution in [0, 0.1) is 6.92 Å². The van der Waals surface area contributed by atoms with Crippen LogP contribution >= 0.6 is 0 Å². The molecule has 1 aliphatic rings. The molecule has 1 saturated heterocycles. The van der Waals surface area contributed by atoms with Crippen molar-refractivity contribution in [1.82, 2.24) is 24.8 Å². The molecular formula is C28H32N6O. The maximum atomic E-state index is 12.7. The van der Waals surface area contributed by atoms with Gasteiger partial charge in [-0.1, -0.05) is 12.1 Å². The highest BCUT2D eigenvalue weighted by molar-refractivity contribution is 5.95. The number of rotatable bonds is 6. The first kappa shape index (κ1) is 23.2. The standard InChI is InChI=1S/C28H32N6O/c1-20-4-7-23(19-30-20)25-18-22-10-12-29-28(35)26(22)27(32-25)31-24-8-5-21(6-9-24)11-15-34-14-3-13-33(2)16-17-34/h4-10,12,18-19H,3,11,13-17H2,1-2H3,(H,29,35)(H,31,32). The van der Waals surface area contributed by atoms with E-state index in [0.29, 0.717) is 11.2 Å². The van der Waals surface area contributed by atoms with Crippen molar-refractivity contribution in [3.63, 3.8) is 0 Å². The molecule has 0 unspecified atom stereocenters. The number of H-pyrrole nitrogens is 1. The predicted octanol–water partition coefficient (Wildman–Crippen LogP) is 4.22. The van der Waals surface area contributed by atoms with E-state index < -0.39 is 0 Å². The van der Waals surface area contributed by atoms with Crippen molar-refractivity contribution in [3.05, 3.63) is 82.5 Å². The number of pyridine rings is 3. The molecule has 7 nitrogen and oxygen atoms in total. The van der Waals surface area contributed by atoms with Gasteiger partial charge in [-0.3, -0.25) is 9.78 Å². The molecule has 1 aliphatic heterocycles. The van der Waals surface area contributed by atoms with Crippen LogP contribution < -0.4 is 10.9 Å². The van der Waals surface area contributed by atoms with Gasteiger partial charge < -0.3 is 20.1 Å². The third-order valence-corrected chi connectivity index (χ3v) is 6.71.